The molecule has 0 aliphatic carbocycles. The molecule has 0 saturated carbocycles. The zero-order valence-electron chi connectivity index (χ0n) is 11.1. The van der Waals surface area contributed by atoms with Crippen LogP contribution in [-0.2, 0) is 26.0 Å². The number of rotatable bonds is 6. The second-order valence-electron chi connectivity index (χ2n) is 4.35. The molecule has 1 amide bonds. The number of hydrogen-bond acceptors (Lipinski definition) is 5. The van der Waals surface area contributed by atoms with Crippen LogP contribution in [0, 0.1) is 0 Å². The van der Waals surface area contributed by atoms with E-state index >= 15 is 0 Å². The lowest BCUT2D eigenvalue weighted by molar-refractivity contribution is -0.131. The van der Waals surface area contributed by atoms with Crippen molar-refractivity contribution in [2.45, 2.75) is 6.54 Å². The predicted octanol–water partition coefficient (Wildman–Crippen LogP) is 0.849. The number of nitrogens with zero attached hydrogens (tertiary/aromatic N) is 1. The molecule has 0 saturated heterocycles. The Balaban J connectivity index is 2.65. The van der Waals surface area contributed by atoms with Crippen molar-refractivity contribution in [1.82, 2.24) is 4.90 Å². The van der Waals surface area contributed by atoms with E-state index in [0.29, 0.717) is 0 Å². The fraction of sp³-hybridized carbons (Fsp3) is 0.333. The molecule has 0 aromatic carbocycles. The summed E-state index contributed by atoms with van der Waals surface area (Å²) >= 11 is 1.35. The van der Waals surface area contributed by atoms with Gasteiger partial charge in [0.25, 0.3) is 0 Å². The minimum atomic E-state index is -3.34. The Morgan fingerprint density at radius 1 is 1.45 bits per heavy atom. The minimum Gasteiger partial charge on any atom is -0.478 e. The second kappa shape index (κ2) is 6.67. The number of carbonyl (C=O) groups excluding carboxylic acids is 1. The highest BCUT2D eigenvalue weighted by Crippen LogP contribution is 2.17. The van der Waals surface area contributed by atoms with E-state index in [1.165, 1.54) is 29.4 Å². The summed E-state index contributed by atoms with van der Waals surface area (Å²) in [6, 6.07) is 1.76. The first-order valence-electron chi connectivity index (χ1n) is 5.57. The fourth-order valence-corrected chi connectivity index (χ4v) is 2.88. The standard InChI is InChI=1S/C12H15NO5S2/c1-13(11(14)8-20(2,17)18)6-9-5-10(19-7-9)3-4-12(15)16/h3-5,7H,6,8H2,1-2H3,(H,15,16). The van der Waals surface area contributed by atoms with Gasteiger partial charge >= 0.3 is 5.97 Å². The van der Waals surface area contributed by atoms with E-state index in [0.717, 1.165) is 22.8 Å². The molecular formula is C12H15NO5S2. The highest BCUT2D eigenvalue weighted by Gasteiger charge is 2.15. The molecule has 0 radical (unpaired) electrons. The molecule has 0 aliphatic rings. The van der Waals surface area contributed by atoms with Crippen molar-refractivity contribution in [1.29, 1.82) is 0 Å². The molecule has 8 heteroatoms. The average Bonchev–Trinajstić information content (AvgIpc) is 2.71. The maximum atomic E-state index is 11.6. The summed E-state index contributed by atoms with van der Waals surface area (Å²) < 4.78 is 22.1. The largest absolute Gasteiger partial charge is 0.478 e. The van der Waals surface area contributed by atoms with E-state index in [4.69, 9.17) is 5.11 Å². The summed E-state index contributed by atoms with van der Waals surface area (Å²) in [6.07, 6.45) is 3.51. The smallest absolute Gasteiger partial charge is 0.328 e. The van der Waals surface area contributed by atoms with Crippen molar-refractivity contribution in [2.75, 3.05) is 19.1 Å². The van der Waals surface area contributed by atoms with Gasteiger partial charge in [-0.05, 0) is 23.1 Å². The minimum absolute atomic E-state index is 0.283. The Morgan fingerprint density at radius 2 is 2.10 bits per heavy atom. The SMILES string of the molecule is CN(Cc1csc(C=CC(=O)O)c1)C(=O)CS(C)(=O)=O. The molecule has 1 aromatic heterocycles. The number of amides is 1. The van der Waals surface area contributed by atoms with Gasteiger partial charge in [-0.3, -0.25) is 4.79 Å². The summed E-state index contributed by atoms with van der Waals surface area (Å²) in [5, 5.41) is 10.3. The lowest BCUT2D eigenvalue weighted by Crippen LogP contribution is -2.31. The van der Waals surface area contributed by atoms with E-state index in [1.54, 1.807) is 11.4 Å². The van der Waals surface area contributed by atoms with E-state index in [-0.39, 0.29) is 6.54 Å². The lowest BCUT2D eigenvalue weighted by Gasteiger charge is -2.15. The third-order valence-electron chi connectivity index (χ3n) is 2.30. The molecule has 20 heavy (non-hydrogen) atoms. The van der Waals surface area contributed by atoms with Crippen LogP contribution in [0.3, 0.4) is 0 Å². The van der Waals surface area contributed by atoms with Crippen molar-refractivity contribution in [3.63, 3.8) is 0 Å². The maximum Gasteiger partial charge on any atom is 0.328 e. The Kier molecular flexibility index (Phi) is 5.46. The number of thiophene rings is 1. The van der Waals surface area contributed by atoms with Crippen molar-refractivity contribution >= 4 is 39.1 Å². The normalized spacial score (nSPS) is 11.7. The summed E-state index contributed by atoms with van der Waals surface area (Å²) in [7, 11) is -1.81. The van der Waals surface area contributed by atoms with Gasteiger partial charge in [-0.15, -0.1) is 11.3 Å². The van der Waals surface area contributed by atoms with Crippen LogP contribution < -0.4 is 0 Å². The molecule has 1 heterocycles. The number of hydrogen-bond donors (Lipinski definition) is 1. The van der Waals surface area contributed by atoms with Gasteiger partial charge in [-0.2, -0.15) is 0 Å². The van der Waals surface area contributed by atoms with E-state index in [1.807, 2.05) is 0 Å². The third kappa shape index (κ3) is 5.98. The first-order chi connectivity index (χ1) is 9.17. The van der Waals surface area contributed by atoms with Gasteiger partial charge in [0, 0.05) is 30.8 Å². The highest BCUT2D eigenvalue weighted by atomic mass is 32.2. The van der Waals surface area contributed by atoms with Crippen molar-refractivity contribution in [3.05, 3.63) is 28.0 Å². The third-order valence-corrected chi connectivity index (χ3v) is 4.01. The Labute approximate surface area is 121 Å². The molecule has 0 spiro atoms. The van der Waals surface area contributed by atoms with Crippen LogP contribution in [-0.4, -0.2) is 49.4 Å². The topological polar surface area (TPSA) is 91.8 Å². The second-order valence-corrected chi connectivity index (χ2v) is 7.43. The number of aliphatic carboxylic acids is 1. The highest BCUT2D eigenvalue weighted by molar-refractivity contribution is 7.91. The van der Waals surface area contributed by atoms with Crippen LogP contribution in [0.15, 0.2) is 17.5 Å². The van der Waals surface area contributed by atoms with E-state index in [2.05, 4.69) is 0 Å². The number of carboxylic acids is 1. The number of carboxylic acid groups (broad SMARTS) is 1. The summed E-state index contributed by atoms with van der Waals surface area (Å²) in [5.41, 5.74) is 0.824. The molecule has 1 aromatic rings. The van der Waals surface area contributed by atoms with Crippen LogP contribution in [0.2, 0.25) is 0 Å². The van der Waals surface area contributed by atoms with Crippen LogP contribution in [0.5, 0.6) is 0 Å². The van der Waals surface area contributed by atoms with E-state index in [9.17, 15) is 18.0 Å². The quantitative estimate of drug-likeness (QED) is 0.785. The molecule has 6 nitrogen and oxygen atoms in total. The number of carbonyl (C=O) groups is 2. The molecule has 110 valence electrons. The fourth-order valence-electron chi connectivity index (χ4n) is 1.41. The van der Waals surface area contributed by atoms with Crippen molar-refractivity contribution in [3.8, 4) is 0 Å². The molecule has 1 N–H and O–H groups in total. The van der Waals surface area contributed by atoms with Crippen LogP contribution in [0.1, 0.15) is 10.4 Å². The summed E-state index contributed by atoms with van der Waals surface area (Å²) in [5.74, 6) is -2.01. The summed E-state index contributed by atoms with van der Waals surface area (Å²) in [4.78, 5) is 24.1. The first kappa shape index (κ1) is 16.4. The van der Waals surface area contributed by atoms with Crippen molar-refractivity contribution < 1.29 is 23.1 Å². The Morgan fingerprint density at radius 3 is 2.65 bits per heavy atom. The number of sulfone groups is 1. The molecule has 0 aliphatic heterocycles. The first-order valence-corrected chi connectivity index (χ1v) is 8.51. The molecule has 0 fully saturated rings. The molecule has 0 atom stereocenters. The Bertz CT molecular complexity index is 630. The lowest BCUT2D eigenvalue weighted by atomic mass is 10.3. The molecular weight excluding hydrogens is 302 g/mol. The zero-order chi connectivity index (χ0) is 15.3. The van der Waals surface area contributed by atoms with Gasteiger partial charge in [-0.25, -0.2) is 13.2 Å². The van der Waals surface area contributed by atoms with Gasteiger partial charge < -0.3 is 10.0 Å². The average molecular weight is 317 g/mol. The Hall–Kier alpha value is -1.67. The molecule has 1 rings (SSSR count). The van der Waals surface area contributed by atoms with Gasteiger partial charge in [-0.1, -0.05) is 0 Å². The monoisotopic (exact) mass is 317 g/mol. The van der Waals surface area contributed by atoms with E-state index < -0.39 is 27.5 Å². The van der Waals surface area contributed by atoms with Crippen LogP contribution >= 0.6 is 11.3 Å². The zero-order valence-corrected chi connectivity index (χ0v) is 12.7. The van der Waals surface area contributed by atoms with Gasteiger partial charge in [0.15, 0.2) is 9.84 Å². The van der Waals surface area contributed by atoms with Gasteiger partial charge in [0.2, 0.25) is 5.91 Å². The predicted molar refractivity (Wildman–Crippen MR) is 77.2 cm³/mol. The van der Waals surface area contributed by atoms with Gasteiger partial charge in [0.05, 0.1) is 0 Å². The van der Waals surface area contributed by atoms with Crippen LogP contribution in [0.25, 0.3) is 6.08 Å². The summed E-state index contributed by atoms with van der Waals surface area (Å²) in [6.45, 7) is 0.283. The van der Waals surface area contributed by atoms with Crippen molar-refractivity contribution in [2.24, 2.45) is 0 Å². The molecule has 0 unspecified atom stereocenters. The molecule has 0 bridgehead atoms. The maximum absolute atomic E-state index is 11.6. The van der Waals surface area contributed by atoms with Gasteiger partial charge in [0.1, 0.15) is 5.75 Å². The van der Waals surface area contributed by atoms with Crippen LogP contribution in [0.4, 0.5) is 0 Å².